The molecule has 0 saturated heterocycles. The van der Waals surface area contributed by atoms with Crippen molar-refractivity contribution in [2.24, 2.45) is 0 Å². The van der Waals surface area contributed by atoms with Gasteiger partial charge >= 0.3 is 0 Å². The van der Waals surface area contributed by atoms with Crippen molar-refractivity contribution >= 4 is 11.6 Å². The van der Waals surface area contributed by atoms with E-state index in [4.69, 9.17) is 22.0 Å². The van der Waals surface area contributed by atoms with Crippen LogP contribution in [0.2, 0.25) is 5.02 Å². The number of benzene rings is 1. The Hall–Kier alpha value is -2.51. The minimum atomic E-state index is 0.374. The van der Waals surface area contributed by atoms with Gasteiger partial charge in [0.2, 0.25) is 0 Å². The molecule has 0 saturated carbocycles. The number of rotatable bonds is 5. The SMILES string of the molecule is CC[C@H](Cn1ccc(-c2ccc(C#N)c(Cl)c2C)n1)n1cccc1. The van der Waals surface area contributed by atoms with Crippen molar-refractivity contribution in [3.63, 3.8) is 0 Å². The molecule has 0 aliphatic heterocycles. The van der Waals surface area contributed by atoms with Gasteiger partial charge in [-0.25, -0.2) is 0 Å². The third-order valence-electron chi connectivity index (χ3n) is 4.34. The van der Waals surface area contributed by atoms with E-state index in [0.29, 0.717) is 16.6 Å². The summed E-state index contributed by atoms with van der Waals surface area (Å²) in [5, 5.41) is 14.3. The molecule has 5 heteroatoms. The van der Waals surface area contributed by atoms with Crippen molar-refractivity contribution in [2.75, 3.05) is 0 Å². The van der Waals surface area contributed by atoms with Crippen molar-refractivity contribution < 1.29 is 0 Å². The molecule has 3 rings (SSSR count). The number of hydrogen-bond donors (Lipinski definition) is 0. The normalized spacial score (nSPS) is 12.1. The topological polar surface area (TPSA) is 46.5 Å². The van der Waals surface area contributed by atoms with E-state index in [1.807, 2.05) is 42.1 Å². The van der Waals surface area contributed by atoms with Crippen LogP contribution < -0.4 is 0 Å². The highest BCUT2D eigenvalue weighted by atomic mass is 35.5. The average Bonchev–Trinajstić information content (AvgIpc) is 3.26. The Bertz CT molecular complexity index is 871. The molecule has 3 aromatic rings. The molecule has 0 bridgehead atoms. The van der Waals surface area contributed by atoms with Crippen LogP contribution in [-0.4, -0.2) is 14.3 Å². The van der Waals surface area contributed by atoms with Gasteiger partial charge in [0, 0.05) is 24.2 Å². The maximum atomic E-state index is 9.07. The van der Waals surface area contributed by atoms with Gasteiger partial charge in [0.1, 0.15) is 6.07 Å². The van der Waals surface area contributed by atoms with E-state index in [9.17, 15) is 0 Å². The fourth-order valence-corrected chi connectivity index (χ4v) is 3.10. The van der Waals surface area contributed by atoms with Gasteiger partial charge in [-0.2, -0.15) is 10.4 Å². The number of halogens is 1. The second-order valence-electron chi connectivity index (χ2n) is 5.83. The predicted molar refractivity (Wildman–Crippen MR) is 95.9 cm³/mol. The second kappa shape index (κ2) is 6.94. The molecule has 0 aliphatic carbocycles. The Balaban J connectivity index is 1.86. The summed E-state index contributed by atoms with van der Waals surface area (Å²) in [5.41, 5.74) is 3.22. The summed E-state index contributed by atoms with van der Waals surface area (Å²) in [6.07, 6.45) is 7.20. The molecule has 0 N–H and O–H groups in total. The fraction of sp³-hybridized carbons (Fsp3) is 0.263. The quantitative estimate of drug-likeness (QED) is 0.668. The van der Waals surface area contributed by atoms with E-state index in [2.05, 4.69) is 30.0 Å². The predicted octanol–water partition coefficient (Wildman–Crippen LogP) is 4.84. The molecule has 2 heterocycles. The average molecular weight is 339 g/mol. The molecule has 0 fully saturated rings. The van der Waals surface area contributed by atoms with Crippen LogP contribution in [0.3, 0.4) is 0 Å². The molecule has 0 spiro atoms. The third kappa shape index (κ3) is 3.08. The first-order valence-electron chi connectivity index (χ1n) is 7.99. The molecule has 0 unspecified atom stereocenters. The molecule has 2 aromatic heterocycles. The molecule has 1 atom stereocenters. The van der Waals surface area contributed by atoms with E-state index in [0.717, 1.165) is 29.8 Å². The van der Waals surface area contributed by atoms with E-state index in [1.165, 1.54) is 0 Å². The van der Waals surface area contributed by atoms with Crippen LogP contribution in [0.25, 0.3) is 11.3 Å². The molecule has 1 aromatic carbocycles. The highest BCUT2D eigenvalue weighted by Crippen LogP contribution is 2.30. The fourth-order valence-electron chi connectivity index (χ4n) is 2.90. The first-order valence-corrected chi connectivity index (χ1v) is 8.37. The Labute approximate surface area is 146 Å². The molecule has 0 aliphatic rings. The van der Waals surface area contributed by atoms with E-state index >= 15 is 0 Å². The maximum absolute atomic E-state index is 9.07. The Kier molecular flexibility index (Phi) is 4.73. The summed E-state index contributed by atoms with van der Waals surface area (Å²) in [4.78, 5) is 0. The van der Waals surface area contributed by atoms with Crippen molar-refractivity contribution in [3.05, 3.63) is 65.1 Å². The minimum Gasteiger partial charge on any atom is -0.349 e. The van der Waals surface area contributed by atoms with Gasteiger partial charge in [-0.15, -0.1) is 0 Å². The van der Waals surface area contributed by atoms with Gasteiger partial charge in [0.05, 0.1) is 28.9 Å². The van der Waals surface area contributed by atoms with Crippen LogP contribution in [0.5, 0.6) is 0 Å². The number of aromatic nitrogens is 3. The smallest absolute Gasteiger partial charge is 0.101 e. The second-order valence-corrected chi connectivity index (χ2v) is 6.20. The standard InChI is InChI=1S/C19H19ClN4/c1-3-16(23-9-4-5-10-23)13-24-11-8-18(22-24)17-7-6-15(12-21)19(20)14(17)2/h4-11,16H,3,13H2,1-2H3/t16-/m1/s1. The molecule has 24 heavy (non-hydrogen) atoms. The van der Waals surface area contributed by atoms with Gasteiger partial charge in [0.25, 0.3) is 0 Å². The largest absolute Gasteiger partial charge is 0.349 e. The van der Waals surface area contributed by atoms with Crippen molar-refractivity contribution in [1.82, 2.24) is 14.3 Å². The first-order chi connectivity index (χ1) is 11.6. The van der Waals surface area contributed by atoms with E-state index < -0.39 is 0 Å². The van der Waals surface area contributed by atoms with Crippen molar-refractivity contribution in [2.45, 2.75) is 32.9 Å². The molecule has 4 nitrogen and oxygen atoms in total. The lowest BCUT2D eigenvalue weighted by Crippen LogP contribution is -2.14. The molecule has 122 valence electrons. The molecule has 0 radical (unpaired) electrons. The summed E-state index contributed by atoms with van der Waals surface area (Å²) in [6.45, 7) is 4.92. The lowest BCUT2D eigenvalue weighted by atomic mass is 10.0. The lowest BCUT2D eigenvalue weighted by Gasteiger charge is -2.17. The van der Waals surface area contributed by atoms with Crippen LogP contribution in [0.1, 0.15) is 30.5 Å². The van der Waals surface area contributed by atoms with Crippen LogP contribution in [0.15, 0.2) is 48.9 Å². The zero-order chi connectivity index (χ0) is 17.1. The number of nitriles is 1. The van der Waals surface area contributed by atoms with Crippen molar-refractivity contribution in [3.8, 4) is 17.3 Å². The summed E-state index contributed by atoms with van der Waals surface area (Å²) >= 11 is 6.27. The Morgan fingerprint density at radius 3 is 2.62 bits per heavy atom. The van der Waals surface area contributed by atoms with E-state index in [-0.39, 0.29) is 0 Å². The summed E-state index contributed by atoms with van der Waals surface area (Å²) in [6, 6.07) is 12.2. The molecular weight excluding hydrogens is 320 g/mol. The monoisotopic (exact) mass is 338 g/mol. The molecule has 0 amide bonds. The minimum absolute atomic E-state index is 0.374. The van der Waals surface area contributed by atoms with Gasteiger partial charge < -0.3 is 4.57 Å². The molecular formula is C19H19ClN4. The van der Waals surface area contributed by atoms with Gasteiger partial charge in [-0.1, -0.05) is 24.6 Å². The Morgan fingerprint density at radius 1 is 1.21 bits per heavy atom. The summed E-state index contributed by atoms with van der Waals surface area (Å²) in [7, 11) is 0. The van der Waals surface area contributed by atoms with E-state index in [1.54, 1.807) is 6.07 Å². The Morgan fingerprint density at radius 2 is 1.96 bits per heavy atom. The van der Waals surface area contributed by atoms with Gasteiger partial charge in [-0.05, 0) is 43.2 Å². The summed E-state index contributed by atoms with van der Waals surface area (Å²) in [5.74, 6) is 0. The van der Waals surface area contributed by atoms with Gasteiger partial charge in [-0.3, -0.25) is 4.68 Å². The maximum Gasteiger partial charge on any atom is 0.101 e. The highest BCUT2D eigenvalue weighted by Gasteiger charge is 2.13. The number of nitrogens with zero attached hydrogens (tertiary/aromatic N) is 4. The third-order valence-corrected chi connectivity index (χ3v) is 4.83. The highest BCUT2D eigenvalue weighted by molar-refractivity contribution is 6.32. The van der Waals surface area contributed by atoms with Crippen LogP contribution in [-0.2, 0) is 6.54 Å². The lowest BCUT2D eigenvalue weighted by molar-refractivity contribution is 0.399. The van der Waals surface area contributed by atoms with Crippen LogP contribution >= 0.6 is 11.6 Å². The van der Waals surface area contributed by atoms with Crippen LogP contribution in [0, 0.1) is 18.3 Å². The zero-order valence-electron chi connectivity index (χ0n) is 13.8. The summed E-state index contributed by atoms with van der Waals surface area (Å²) < 4.78 is 4.18. The zero-order valence-corrected chi connectivity index (χ0v) is 14.5. The van der Waals surface area contributed by atoms with Crippen LogP contribution in [0.4, 0.5) is 0 Å². The number of hydrogen-bond acceptors (Lipinski definition) is 2. The first kappa shape index (κ1) is 16.4. The van der Waals surface area contributed by atoms with Crippen molar-refractivity contribution in [1.29, 1.82) is 5.26 Å². The van der Waals surface area contributed by atoms with Gasteiger partial charge in [0.15, 0.2) is 0 Å².